The number of aliphatic hydroxyl groups excluding tert-OH is 17. The summed E-state index contributed by atoms with van der Waals surface area (Å²) in [6, 6.07) is 8.68. The smallest absolute Gasteiger partial charge is 0.475 e. The molecule has 30 rings (SSSR count). The molecule has 31 unspecified atom stereocenters. The first kappa shape index (κ1) is 115. The van der Waals surface area contributed by atoms with Crippen molar-refractivity contribution in [2.45, 2.75) is 396 Å². The molecule has 51 heteroatoms. The molecule has 2 saturated carbocycles. The quantitative estimate of drug-likeness (QED) is 0.0227. The van der Waals surface area contributed by atoms with E-state index in [0.717, 1.165) is 56.1 Å². The van der Waals surface area contributed by atoms with E-state index in [4.69, 9.17) is 82.9 Å². The number of carbonyl (C=O) groups excluding carboxylic acids is 6. The first-order chi connectivity index (χ1) is 69.6. The van der Waals surface area contributed by atoms with Gasteiger partial charge in [0.05, 0.1) is 62.1 Å². The van der Waals surface area contributed by atoms with Gasteiger partial charge in [-0.15, -0.1) is 5.10 Å². The van der Waals surface area contributed by atoms with Crippen LogP contribution in [0.25, 0.3) is 0 Å². The Bertz CT molecular complexity index is 4990. The largest absolute Gasteiger partial charge is 0.490 e. The van der Waals surface area contributed by atoms with Crippen molar-refractivity contribution in [3.05, 3.63) is 70.0 Å². The summed E-state index contributed by atoms with van der Waals surface area (Å²) >= 11 is 0. The predicted octanol–water partition coefficient (Wildman–Crippen LogP) is -5.10. The summed E-state index contributed by atoms with van der Waals surface area (Å²) in [5, 5.41) is 225. The molecule has 2 aromatic carbocycles. The van der Waals surface area contributed by atoms with Crippen LogP contribution >= 0.6 is 0 Å². The molecule has 3 aromatic rings. The van der Waals surface area contributed by atoms with Crippen LogP contribution in [-0.2, 0) is 132 Å². The van der Waals surface area contributed by atoms with E-state index in [0.29, 0.717) is 74.9 Å². The summed E-state index contributed by atoms with van der Waals surface area (Å²) in [6.45, 7) is 7.37. The third-order valence-corrected chi connectivity index (χ3v) is 31.9. The van der Waals surface area contributed by atoms with E-state index in [1.807, 2.05) is 38.1 Å². The third-order valence-electron chi connectivity index (χ3n) is 31.9. The first-order valence-corrected chi connectivity index (χ1v) is 50.3. The average molecular weight is 2100 g/mol. The fourth-order valence-corrected chi connectivity index (χ4v) is 23.6. The number of aryl methyl sites for hydroxylation is 2. The Morgan fingerprint density at radius 3 is 1.30 bits per heavy atom. The van der Waals surface area contributed by atoms with Gasteiger partial charge in [0.25, 0.3) is 0 Å². The maximum absolute atomic E-state index is 14.9. The first-order valence-electron chi connectivity index (χ1n) is 50.3. The molecule has 27 aliphatic rings. The number of amides is 6. The molecule has 22 saturated heterocycles. The van der Waals surface area contributed by atoms with Crippen molar-refractivity contribution in [1.29, 1.82) is 0 Å². The number of aliphatic carboxylic acids is 1. The number of unbranched alkanes of at least 4 members (excludes halogenated alkanes) is 1. The number of aromatic nitrogens is 3. The number of nitrogens with one attached hydrogen (secondary N) is 5. The lowest BCUT2D eigenvalue weighted by molar-refractivity contribution is -0.403. The summed E-state index contributed by atoms with van der Waals surface area (Å²) in [7, 11) is 0. The fourth-order valence-electron chi connectivity index (χ4n) is 23.6. The number of hydrogen-bond acceptors (Lipinski definition) is 41. The van der Waals surface area contributed by atoms with Crippen molar-refractivity contribution in [3.8, 4) is 0 Å². The summed E-state index contributed by atoms with van der Waals surface area (Å²) < 4.78 is 111. The number of ether oxygens (including phenoxy) is 13. The second-order valence-electron chi connectivity index (χ2n) is 42.0. The van der Waals surface area contributed by atoms with E-state index in [9.17, 15) is 129 Å². The number of anilines is 2. The molecule has 40 atom stereocenters. The number of carboxylic acid groups (broad SMARTS) is 1. The van der Waals surface area contributed by atoms with E-state index >= 15 is 0 Å². The van der Waals surface area contributed by atoms with E-state index in [-0.39, 0.29) is 54.1 Å². The molecule has 0 spiro atoms. The normalized spacial score (nSPS) is 39.8. The van der Waals surface area contributed by atoms with Crippen LogP contribution in [-0.4, -0.2) is 403 Å². The number of rotatable bonds is 24. The Balaban J connectivity index is 0.00000235. The van der Waals surface area contributed by atoms with Gasteiger partial charge in [-0.1, -0.05) is 84.6 Å². The molecule has 27 N–H and O–H groups in total. The number of aliphatic hydroxyl groups is 17. The minimum atomic E-state index is -5.08. The zero-order valence-electron chi connectivity index (χ0n) is 82.6. The molecule has 48 nitrogen and oxygen atoms in total. The number of fused-ring (bicyclic) bond motifs is 7. The molecule has 12 bridgehead atoms. The van der Waals surface area contributed by atoms with Crippen LogP contribution in [0.5, 0.6) is 0 Å². The van der Waals surface area contributed by atoms with Crippen molar-refractivity contribution in [2.75, 3.05) is 57.2 Å². The molecule has 5 aliphatic carbocycles. The van der Waals surface area contributed by atoms with Crippen molar-refractivity contribution in [2.24, 2.45) is 34.3 Å². The Labute approximate surface area is 843 Å². The van der Waals surface area contributed by atoms with Crippen molar-refractivity contribution < 1.29 is 200 Å². The van der Waals surface area contributed by atoms with Crippen molar-refractivity contribution >= 4 is 52.8 Å². The molecule has 6 amide bonds. The topological polar surface area (TPSA) is 747 Å². The van der Waals surface area contributed by atoms with Gasteiger partial charge in [-0.05, 0) is 172 Å². The maximum Gasteiger partial charge on any atom is 0.490 e. The molecular formula is C96H143F3N10O38. The number of carbonyl (C=O) groups is 7. The number of halogens is 3. The van der Waals surface area contributed by atoms with Gasteiger partial charge in [0.1, 0.15) is 177 Å². The Morgan fingerprint density at radius 2 is 0.891 bits per heavy atom. The molecule has 147 heavy (non-hydrogen) atoms. The van der Waals surface area contributed by atoms with Crippen LogP contribution in [0.2, 0.25) is 0 Å². The maximum atomic E-state index is 14.9. The molecule has 23 heterocycles. The number of alkyl halides is 3. The Morgan fingerprint density at radius 1 is 0.490 bits per heavy atom. The molecule has 24 fully saturated rings. The van der Waals surface area contributed by atoms with E-state index < -0.39 is 313 Å². The highest BCUT2D eigenvalue weighted by molar-refractivity contribution is 6.01. The van der Waals surface area contributed by atoms with Gasteiger partial charge < -0.3 is 186 Å². The van der Waals surface area contributed by atoms with Gasteiger partial charge >= 0.3 is 12.1 Å². The van der Waals surface area contributed by atoms with Crippen LogP contribution in [0.15, 0.2) is 36.4 Å². The number of imide groups is 1. The van der Waals surface area contributed by atoms with E-state index in [1.54, 1.807) is 13.8 Å². The second kappa shape index (κ2) is 48.0. The summed E-state index contributed by atoms with van der Waals surface area (Å²) in [5.74, 6) is -6.04. The van der Waals surface area contributed by atoms with E-state index in [1.165, 1.54) is 22.7 Å². The van der Waals surface area contributed by atoms with Gasteiger partial charge in [-0.25, -0.2) is 9.48 Å². The van der Waals surface area contributed by atoms with Crippen LogP contribution in [0.3, 0.4) is 0 Å². The van der Waals surface area contributed by atoms with Crippen molar-refractivity contribution in [3.63, 3.8) is 0 Å². The number of nitrogen functional groups attached to an aromatic ring is 1. The minimum absolute atomic E-state index is 0.0185. The number of nitrogens with zero attached hydrogens (tertiary/aromatic N) is 3. The summed E-state index contributed by atoms with van der Waals surface area (Å²) in [5.41, 5.74) is 16.9. The average Bonchev–Trinajstić information content (AvgIpc) is 1.18. The highest BCUT2D eigenvalue weighted by Crippen LogP contribution is 2.61. The van der Waals surface area contributed by atoms with Crippen LogP contribution in [0.1, 0.15) is 185 Å². The van der Waals surface area contributed by atoms with Crippen LogP contribution in [0.4, 0.5) is 24.5 Å². The van der Waals surface area contributed by atoms with Gasteiger partial charge in [-0.2, -0.15) is 13.2 Å². The SMILES string of the molecule is CC(C)[C@H](NC(=O)[C@H](N)CCCCNC(=O)COC1CCCCCc2c1nnn2CC1OC2OC3C(CO)OC(OC4C(CO)OC(OC5C(CO)OC(OC6C(CO)OC(OC7C(CO)OC(OC1C(O)C2O)C(O)C7O)C(O)C6O)C(O)C5O)C(O)C4O)C(O)C3O)C(=O)N[C@@H](C)C(=O)Nc1ccc2c(c1)[C@@]1(C)CCC[C@](C)(C(=O)NC(=O)[C@@]3(C)CCC[C@]4(C)c5cc(N)ccc5CC[C@@H]34)[C@@H]1CC2.O=C(O)C(F)(F)F. The van der Waals surface area contributed by atoms with E-state index in [2.05, 4.69) is 62.9 Å². The number of nitrogens with two attached hydrogens (primary N) is 2. The van der Waals surface area contributed by atoms with Crippen LogP contribution in [0, 0.1) is 28.6 Å². The van der Waals surface area contributed by atoms with Gasteiger partial charge in [0.15, 0.2) is 37.7 Å². The van der Waals surface area contributed by atoms with Crippen LogP contribution < -0.4 is 38.1 Å². The zero-order valence-corrected chi connectivity index (χ0v) is 82.6. The summed E-state index contributed by atoms with van der Waals surface area (Å²) in [4.78, 5) is 94.0. The third kappa shape index (κ3) is 24.2. The molecular weight excluding hydrogens is 1960 g/mol. The molecule has 0 radical (unpaired) electrons. The minimum Gasteiger partial charge on any atom is -0.475 e. The predicted molar refractivity (Wildman–Crippen MR) is 494 cm³/mol. The lowest BCUT2D eigenvalue weighted by Crippen LogP contribution is -2.69. The lowest BCUT2D eigenvalue weighted by Gasteiger charge is -2.56. The molecule has 826 valence electrons. The second-order valence-corrected chi connectivity index (χ2v) is 42.0. The summed E-state index contributed by atoms with van der Waals surface area (Å²) in [6.07, 6.45) is -55.9. The monoisotopic (exact) mass is 2100 g/mol. The number of carboxylic acids is 1. The number of benzene rings is 2. The molecule has 1 aromatic heterocycles. The van der Waals surface area contributed by atoms with Crippen molar-refractivity contribution in [1.82, 2.24) is 36.3 Å². The van der Waals surface area contributed by atoms with Gasteiger partial charge in [0, 0.05) is 17.9 Å². The highest BCUT2D eigenvalue weighted by Gasteiger charge is 2.63. The standard InChI is InChI=1S/C94H142N10O36.C2HF3O2/c1-40(2)60(82(125)98-41(3)80(123)99-45-23-19-43-21-25-58-92(5,47(43)32-45)27-14-29-94(58,7)90(127)101-89(126)93(6)28-13-26-91(4)46-31-44(95)22-18-42(46)20-24-57(91)93)100-81(124)48(96)15-11-12-30-97-59(110)39-128-50-17-10-8-9-16-49-61(50)102-103-104(49)33-51-74-62(111)68(117)83(129-51)136-75-52(34-105)131-85(70(119)64(75)113)138-77-54(36-107)133-87(72(121)66(77)115)140-79-56(38-109)134-88(73(122)67(79)116)139-78-55(37-108)132-86(71(120)65(78)114)137-76-53(35-106)130-84(135-74)69(118)63(76)112;3-2(4,5)1(6)7/h18-19,22-23,31-32,40-41,48,50-58,60,62-79,83-88,105-109,111-122H,8-17,20-21,24-30,33-39,95-96H2,1-7H3,(H,97,110)(H,98,125)(H,99,123)(H,100,124)(H,101,126,127);(H,6,7)/t41-,48+,50?,51?,52?,53?,54?,55?,56?,57+,58+,60-,62?,63?,64?,65?,66?,67?,68?,69?,70?,71?,72?,73?,74?,75?,76?,77?,78?,79?,83?,84?,85?,86?,87?,88?,91+,92+,93-,94-;/m0./s1. The number of hydrogen-bond donors (Lipinski definition) is 25. The molecule has 22 aliphatic heterocycles. The van der Waals surface area contributed by atoms with Gasteiger partial charge in [0.2, 0.25) is 35.4 Å². The Kier molecular flexibility index (Phi) is 37.5. The lowest BCUT2D eigenvalue weighted by atomic mass is 9.49. The van der Waals surface area contributed by atoms with Gasteiger partial charge in [-0.3, -0.25) is 34.1 Å². The highest BCUT2D eigenvalue weighted by atomic mass is 19.4. The fraction of sp³-hybridized carbons (Fsp3) is 0.781. The Hall–Kier alpha value is -7.58. The zero-order chi connectivity index (χ0) is 107.